The van der Waals surface area contributed by atoms with E-state index in [0.29, 0.717) is 25.3 Å². The molecule has 34 heavy (non-hydrogen) atoms. The molecule has 176 valence electrons. The molecular weight excluding hydrogens is 457 g/mol. The van der Waals surface area contributed by atoms with E-state index in [-0.39, 0.29) is 23.9 Å². The van der Waals surface area contributed by atoms with Gasteiger partial charge < -0.3 is 9.64 Å². The van der Waals surface area contributed by atoms with Gasteiger partial charge in [-0.25, -0.2) is 23.9 Å². The highest BCUT2D eigenvalue weighted by atomic mass is 32.2. The Labute approximate surface area is 200 Å². The molecule has 4 heterocycles. The van der Waals surface area contributed by atoms with Gasteiger partial charge >= 0.3 is 6.03 Å². The van der Waals surface area contributed by atoms with Crippen LogP contribution < -0.4 is 9.88 Å². The first-order valence-electron chi connectivity index (χ1n) is 10.9. The Balaban J connectivity index is 1.25. The van der Waals surface area contributed by atoms with Crippen LogP contribution in [0.4, 0.5) is 9.18 Å². The zero-order valence-electron chi connectivity index (χ0n) is 18.8. The predicted molar refractivity (Wildman–Crippen MR) is 126 cm³/mol. The number of carbonyl (C=O) groups is 1. The minimum Gasteiger partial charge on any atom is -0.483 e. The molecule has 0 saturated carbocycles. The first-order valence-corrected chi connectivity index (χ1v) is 11.7. The minimum absolute atomic E-state index is 0.0676. The summed E-state index contributed by atoms with van der Waals surface area (Å²) in [6.45, 7) is 4.42. The van der Waals surface area contributed by atoms with Crippen molar-refractivity contribution >= 4 is 24.2 Å². The number of urea groups is 1. The van der Waals surface area contributed by atoms with Crippen LogP contribution in [-0.4, -0.2) is 56.1 Å². The summed E-state index contributed by atoms with van der Waals surface area (Å²) in [5, 5.41) is 16.0. The lowest BCUT2D eigenvalue weighted by atomic mass is 10.0. The summed E-state index contributed by atoms with van der Waals surface area (Å²) >= 11 is 1.11. The summed E-state index contributed by atoms with van der Waals surface area (Å²) in [6.07, 6.45) is 3.21. The van der Waals surface area contributed by atoms with Crippen molar-refractivity contribution in [1.82, 2.24) is 24.7 Å². The lowest BCUT2D eigenvalue weighted by molar-refractivity contribution is 0.0256. The van der Waals surface area contributed by atoms with Gasteiger partial charge in [-0.1, -0.05) is 30.3 Å². The molecule has 0 bridgehead atoms. The van der Waals surface area contributed by atoms with Gasteiger partial charge in [-0.15, -0.1) is 0 Å². The van der Waals surface area contributed by atoms with Crippen molar-refractivity contribution in [2.24, 2.45) is 10.2 Å². The fraction of sp³-hybridized carbons (Fsp3) is 0.304. The fourth-order valence-corrected chi connectivity index (χ4v) is 4.65. The Bertz CT molecular complexity index is 1240. The second kappa shape index (κ2) is 9.07. The van der Waals surface area contributed by atoms with Gasteiger partial charge in [0.05, 0.1) is 41.6 Å². The average molecular weight is 482 g/mol. The molecule has 2 amide bonds. The Kier molecular flexibility index (Phi) is 5.96. The standard InChI is InChI=1S/C23H24FN7O2S/c1-14-22(34-25)15(2)30(28-14)21-10-20(18(24)11-26-21)33-17-12-29(13-17)23(32)31-19(8-9-27-31)16-6-4-3-5-7-16/h3-7,9-11,17,19H,8,12-13,25H2,1-2H3/t19-/m0/s1. The number of halogens is 1. The van der Waals surface area contributed by atoms with Gasteiger partial charge in [0.25, 0.3) is 0 Å². The number of nitrogens with two attached hydrogens (primary N) is 1. The van der Waals surface area contributed by atoms with E-state index in [1.165, 1.54) is 11.1 Å². The molecule has 1 fully saturated rings. The molecule has 1 aromatic carbocycles. The number of rotatable bonds is 5. The summed E-state index contributed by atoms with van der Waals surface area (Å²) in [5.41, 5.74) is 2.62. The largest absolute Gasteiger partial charge is 0.483 e. The molecule has 5 rings (SSSR count). The molecule has 11 heteroatoms. The quantitative estimate of drug-likeness (QED) is 0.559. The van der Waals surface area contributed by atoms with Gasteiger partial charge in [-0.05, 0) is 31.4 Å². The number of hydrazone groups is 1. The number of aromatic nitrogens is 3. The molecule has 3 aromatic rings. The number of pyridine rings is 1. The van der Waals surface area contributed by atoms with Crippen molar-refractivity contribution in [1.29, 1.82) is 0 Å². The number of likely N-dealkylation sites (tertiary alicyclic amines) is 1. The average Bonchev–Trinajstić information content (AvgIpc) is 3.41. The molecule has 2 N–H and O–H groups in total. The first kappa shape index (κ1) is 22.4. The number of ether oxygens (including phenoxy) is 1. The van der Waals surface area contributed by atoms with Crippen LogP contribution in [-0.2, 0) is 0 Å². The van der Waals surface area contributed by atoms with Crippen LogP contribution in [0.15, 0.2) is 52.6 Å². The SMILES string of the molecule is Cc1nn(-c2cc(OC3CN(C(=O)N4N=CC[C@H]4c4ccccc4)C3)c(F)cn2)c(C)c1SN. The zero-order chi connectivity index (χ0) is 23.8. The van der Waals surface area contributed by atoms with Gasteiger partial charge in [-0.2, -0.15) is 10.2 Å². The van der Waals surface area contributed by atoms with Gasteiger partial charge in [-0.3, -0.25) is 5.14 Å². The number of nitrogens with zero attached hydrogens (tertiary/aromatic N) is 6. The minimum atomic E-state index is -0.572. The number of amides is 2. The number of hydrogen-bond donors (Lipinski definition) is 1. The third kappa shape index (κ3) is 4.01. The van der Waals surface area contributed by atoms with Crippen molar-refractivity contribution in [3.05, 3.63) is 65.4 Å². The highest BCUT2D eigenvalue weighted by Gasteiger charge is 2.39. The maximum atomic E-state index is 14.4. The monoisotopic (exact) mass is 481 g/mol. The molecule has 0 aliphatic carbocycles. The smallest absolute Gasteiger partial charge is 0.341 e. The van der Waals surface area contributed by atoms with E-state index < -0.39 is 5.82 Å². The Hall–Kier alpha value is -3.44. The van der Waals surface area contributed by atoms with Crippen molar-refractivity contribution in [2.45, 2.75) is 37.3 Å². The van der Waals surface area contributed by atoms with Crippen molar-refractivity contribution in [2.75, 3.05) is 13.1 Å². The molecule has 2 aliphatic rings. The number of benzene rings is 1. The summed E-state index contributed by atoms with van der Waals surface area (Å²) < 4.78 is 21.9. The van der Waals surface area contributed by atoms with E-state index >= 15 is 0 Å². The zero-order valence-corrected chi connectivity index (χ0v) is 19.6. The summed E-state index contributed by atoms with van der Waals surface area (Å²) in [5.74, 6) is -0.0728. The van der Waals surface area contributed by atoms with E-state index in [2.05, 4.69) is 15.2 Å². The van der Waals surface area contributed by atoms with Crippen molar-refractivity contribution in [3.8, 4) is 11.6 Å². The molecular formula is C23H24FN7O2S. The Morgan fingerprint density at radius 1 is 1.24 bits per heavy atom. The normalized spacial score (nSPS) is 17.8. The maximum Gasteiger partial charge on any atom is 0.341 e. The van der Waals surface area contributed by atoms with Crippen LogP contribution in [0.25, 0.3) is 5.82 Å². The maximum absolute atomic E-state index is 14.4. The Morgan fingerprint density at radius 2 is 2.00 bits per heavy atom. The predicted octanol–water partition coefficient (Wildman–Crippen LogP) is 3.60. The van der Waals surface area contributed by atoms with Crippen molar-refractivity contribution in [3.63, 3.8) is 0 Å². The van der Waals surface area contributed by atoms with E-state index in [4.69, 9.17) is 9.88 Å². The fourth-order valence-electron chi connectivity index (χ4n) is 4.18. The molecule has 0 radical (unpaired) electrons. The van der Waals surface area contributed by atoms with E-state index in [1.807, 2.05) is 44.2 Å². The lowest BCUT2D eigenvalue weighted by Gasteiger charge is -2.41. The molecule has 1 saturated heterocycles. The third-order valence-electron chi connectivity index (χ3n) is 5.99. The molecule has 2 aliphatic heterocycles. The molecule has 2 aromatic heterocycles. The second-order valence-electron chi connectivity index (χ2n) is 8.23. The van der Waals surface area contributed by atoms with Crippen LogP contribution in [0.5, 0.6) is 5.75 Å². The Morgan fingerprint density at radius 3 is 2.71 bits per heavy atom. The molecule has 0 unspecified atom stereocenters. The second-order valence-corrected chi connectivity index (χ2v) is 8.88. The molecule has 9 nitrogen and oxygen atoms in total. The van der Waals surface area contributed by atoms with Gasteiger partial charge in [0, 0.05) is 18.7 Å². The van der Waals surface area contributed by atoms with E-state index in [9.17, 15) is 9.18 Å². The summed E-state index contributed by atoms with van der Waals surface area (Å²) in [6, 6.07) is 11.0. The van der Waals surface area contributed by atoms with Gasteiger partial charge in [0.2, 0.25) is 0 Å². The topological polar surface area (TPSA) is 102 Å². The highest BCUT2D eigenvalue weighted by molar-refractivity contribution is 7.97. The molecule has 0 spiro atoms. The molecule has 1 atom stereocenters. The first-order chi connectivity index (χ1) is 16.5. The van der Waals surface area contributed by atoms with E-state index in [0.717, 1.165) is 40.0 Å². The summed E-state index contributed by atoms with van der Waals surface area (Å²) in [4.78, 5) is 19.6. The van der Waals surface area contributed by atoms with Crippen LogP contribution >= 0.6 is 11.9 Å². The van der Waals surface area contributed by atoms with Gasteiger partial charge in [0.15, 0.2) is 17.4 Å². The van der Waals surface area contributed by atoms with Crippen LogP contribution in [0.2, 0.25) is 0 Å². The lowest BCUT2D eigenvalue weighted by Crippen LogP contribution is -2.58. The van der Waals surface area contributed by atoms with Crippen LogP contribution in [0.1, 0.15) is 29.4 Å². The van der Waals surface area contributed by atoms with Crippen LogP contribution in [0, 0.1) is 19.7 Å². The van der Waals surface area contributed by atoms with E-state index in [1.54, 1.807) is 15.8 Å². The van der Waals surface area contributed by atoms with Gasteiger partial charge in [0.1, 0.15) is 6.10 Å². The number of carbonyl (C=O) groups excluding carboxylic acids is 1. The third-order valence-corrected chi connectivity index (χ3v) is 6.81. The number of aryl methyl sites for hydroxylation is 1. The van der Waals surface area contributed by atoms with Crippen molar-refractivity contribution < 1.29 is 13.9 Å². The summed E-state index contributed by atoms with van der Waals surface area (Å²) in [7, 11) is 0. The number of hydrogen-bond acceptors (Lipinski definition) is 7. The highest BCUT2D eigenvalue weighted by Crippen LogP contribution is 2.31. The van der Waals surface area contributed by atoms with Crippen LogP contribution in [0.3, 0.4) is 0 Å².